The van der Waals surface area contributed by atoms with Gasteiger partial charge >= 0.3 is 0 Å². The van der Waals surface area contributed by atoms with Crippen LogP contribution >= 0.6 is 0 Å². The van der Waals surface area contributed by atoms with Crippen LogP contribution in [0.4, 0.5) is 17.1 Å². The lowest BCUT2D eigenvalue weighted by Crippen LogP contribution is -2.17. The van der Waals surface area contributed by atoms with Crippen LogP contribution in [0.1, 0.15) is 17.2 Å². The largest absolute Gasteiger partial charge is 0.480 e. The van der Waals surface area contributed by atoms with Gasteiger partial charge in [-0.3, -0.25) is 0 Å². The fourth-order valence-electron chi connectivity index (χ4n) is 8.64. The molecular weight excluding hydrogens is 695 g/mol. The Morgan fingerprint density at radius 3 is 1.93 bits per heavy atom. The van der Waals surface area contributed by atoms with Gasteiger partial charge in [-0.1, -0.05) is 146 Å². The highest BCUT2D eigenvalue weighted by molar-refractivity contribution is 6.11. The van der Waals surface area contributed by atoms with E-state index < -0.39 is 0 Å². The van der Waals surface area contributed by atoms with E-state index in [1.165, 1.54) is 32.7 Å². The average Bonchev–Trinajstić information content (AvgIpc) is 3.66. The van der Waals surface area contributed by atoms with Crippen molar-refractivity contribution in [2.24, 2.45) is 0 Å². The molecule has 0 amide bonds. The zero-order valence-corrected chi connectivity index (χ0v) is 31.2. The van der Waals surface area contributed by atoms with Crippen LogP contribution in [0.15, 0.2) is 211 Å². The highest BCUT2D eigenvalue weighted by atomic mass is 16.5. The van der Waals surface area contributed by atoms with E-state index in [-0.39, 0.29) is 6.10 Å². The van der Waals surface area contributed by atoms with E-state index in [9.17, 15) is 0 Å². The summed E-state index contributed by atoms with van der Waals surface area (Å²) < 4.78 is 13.2. The van der Waals surface area contributed by atoms with E-state index in [1.807, 2.05) is 6.07 Å². The van der Waals surface area contributed by atoms with Crippen molar-refractivity contribution in [3.63, 3.8) is 0 Å². The lowest BCUT2D eigenvalue weighted by atomic mass is 9.92. The molecule has 1 aromatic heterocycles. The lowest BCUT2D eigenvalue weighted by molar-refractivity contribution is 0.229. The van der Waals surface area contributed by atoms with Crippen molar-refractivity contribution in [1.29, 1.82) is 0 Å². The van der Waals surface area contributed by atoms with Crippen LogP contribution in [-0.2, 0) is 6.42 Å². The number of ether oxygens (including phenoxy) is 1. The summed E-state index contributed by atoms with van der Waals surface area (Å²) in [6.07, 6.45) is 0.555. The number of benzene rings is 9. The molecule has 1 unspecified atom stereocenters. The Morgan fingerprint density at radius 2 is 1.09 bits per heavy atom. The quantitative estimate of drug-likeness (QED) is 0.126. The molecule has 0 radical (unpaired) electrons. The van der Waals surface area contributed by atoms with E-state index in [2.05, 4.69) is 200 Å². The van der Waals surface area contributed by atoms with E-state index in [1.54, 1.807) is 0 Å². The molecule has 2 heterocycles. The molecule has 0 saturated heterocycles. The van der Waals surface area contributed by atoms with E-state index in [0.717, 1.165) is 79.0 Å². The molecule has 57 heavy (non-hydrogen) atoms. The molecule has 0 aliphatic carbocycles. The molecule has 1 atom stereocenters. The summed E-state index contributed by atoms with van der Waals surface area (Å²) >= 11 is 0. The molecule has 3 heteroatoms. The van der Waals surface area contributed by atoms with Crippen molar-refractivity contribution in [2.45, 2.75) is 12.5 Å². The number of anilines is 3. The summed E-state index contributed by atoms with van der Waals surface area (Å²) in [5.74, 6) is 0.886. The van der Waals surface area contributed by atoms with Crippen molar-refractivity contribution < 1.29 is 9.15 Å². The van der Waals surface area contributed by atoms with E-state index >= 15 is 0 Å². The first-order valence-electron chi connectivity index (χ1n) is 19.5. The maximum Gasteiger partial charge on any atom is 0.145 e. The predicted octanol–water partition coefficient (Wildman–Crippen LogP) is 14.9. The standard InChI is InChI=1S/C54H37NO2/c1-35-31-43-25-30-51-52(54(43)57-53(35)40-14-6-3-7-15-40)49-33-42(24-29-50(49)56-51)37-21-26-44(27-22-37)55(45-17-10-16-41(32-45)36-11-4-2-5-12-36)46-28-23-39-20-19-38-13-8-9-18-47(38)48(39)34-46/h2-30,32-34,53H,1,31H2. The molecule has 0 spiro atoms. The first kappa shape index (κ1) is 33.0. The summed E-state index contributed by atoms with van der Waals surface area (Å²) in [6, 6.07) is 69.2. The summed E-state index contributed by atoms with van der Waals surface area (Å²) in [6.45, 7) is 4.40. The Bertz CT molecular complexity index is 3140. The minimum Gasteiger partial charge on any atom is -0.480 e. The Hall–Kier alpha value is -7.36. The Balaban J connectivity index is 1.01. The second-order valence-electron chi connectivity index (χ2n) is 15.0. The molecule has 270 valence electrons. The number of rotatable bonds is 6. The van der Waals surface area contributed by atoms with Crippen molar-refractivity contribution in [3.05, 3.63) is 217 Å². The van der Waals surface area contributed by atoms with Gasteiger partial charge in [0.25, 0.3) is 0 Å². The smallest absolute Gasteiger partial charge is 0.145 e. The Morgan fingerprint density at radius 1 is 0.456 bits per heavy atom. The summed E-state index contributed by atoms with van der Waals surface area (Å²) in [4.78, 5) is 2.37. The van der Waals surface area contributed by atoms with Gasteiger partial charge in [-0.15, -0.1) is 0 Å². The minimum atomic E-state index is -0.206. The highest BCUT2D eigenvalue weighted by Gasteiger charge is 2.28. The normalized spacial score (nSPS) is 13.9. The topological polar surface area (TPSA) is 25.6 Å². The van der Waals surface area contributed by atoms with Gasteiger partial charge in [-0.25, -0.2) is 0 Å². The number of hydrogen-bond donors (Lipinski definition) is 0. The third kappa shape index (κ3) is 5.75. The van der Waals surface area contributed by atoms with Gasteiger partial charge < -0.3 is 14.1 Å². The first-order valence-corrected chi connectivity index (χ1v) is 19.5. The number of hydrogen-bond acceptors (Lipinski definition) is 3. The van der Waals surface area contributed by atoms with E-state index in [0.29, 0.717) is 0 Å². The molecule has 0 saturated carbocycles. The van der Waals surface area contributed by atoms with Gasteiger partial charge in [0.1, 0.15) is 23.0 Å². The highest BCUT2D eigenvalue weighted by Crippen LogP contribution is 2.46. The molecule has 0 bridgehead atoms. The molecule has 11 rings (SSSR count). The first-order chi connectivity index (χ1) is 28.1. The van der Waals surface area contributed by atoms with Crippen molar-refractivity contribution in [3.8, 4) is 28.0 Å². The number of nitrogens with zero attached hydrogens (tertiary/aromatic N) is 1. The third-order valence-electron chi connectivity index (χ3n) is 11.5. The summed E-state index contributed by atoms with van der Waals surface area (Å²) in [5.41, 5.74) is 12.8. The minimum absolute atomic E-state index is 0.206. The maximum atomic E-state index is 6.80. The molecule has 0 N–H and O–H groups in total. The van der Waals surface area contributed by atoms with Crippen LogP contribution < -0.4 is 9.64 Å². The van der Waals surface area contributed by atoms with Gasteiger partial charge in [-0.05, 0) is 115 Å². The van der Waals surface area contributed by atoms with Crippen molar-refractivity contribution in [2.75, 3.05) is 4.90 Å². The zero-order valence-electron chi connectivity index (χ0n) is 31.2. The zero-order chi connectivity index (χ0) is 37.9. The summed E-state index contributed by atoms with van der Waals surface area (Å²) in [5, 5.41) is 7.01. The van der Waals surface area contributed by atoms with Crippen LogP contribution in [-0.4, -0.2) is 0 Å². The Labute approximate surface area is 331 Å². The second-order valence-corrected chi connectivity index (χ2v) is 15.0. The molecule has 0 fully saturated rings. The second kappa shape index (κ2) is 13.4. The molecule has 9 aromatic carbocycles. The summed E-state index contributed by atoms with van der Waals surface area (Å²) in [7, 11) is 0. The maximum absolute atomic E-state index is 6.80. The van der Waals surface area contributed by atoms with Gasteiger partial charge in [-0.2, -0.15) is 0 Å². The molecular formula is C54H37NO2. The lowest BCUT2D eigenvalue weighted by Gasteiger charge is -2.29. The van der Waals surface area contributed by atoms with Crippen LogP contribution in [0.2, 0.25) is 0 Å². The third-order valence-corrected chi connectivity index (χ3v) is 11.5. The Kier molecular flexibility index (Phi) is 7.78. The molecule has 1 aliphatic rings. The van der Waals surface area contributed by atoms with Gasteiger partial charge in [0.2, 0.25) is 0 Å². The van der Waals surface area contributed by atoms with Crippen LogP contribution in [0.25, 0.3) is 65.7 Å². The van der Waals surface area contributed by atoms with Crippen LogP contribution in [0.3, 0.4) is 0 Å². The fraction of sp³-hybridized carbons (Fsp3) is 0.0370. The monoisotopic (exact) mass is 731 g/mol. The van der Waals surface area contributed by atoms with Crippen LogP contribution in [0.5, 0.6) is 5.75 Å². The average molecular weight is 732 g/mol. The SMILES string of the molecule is C=C1Cc2ccc3oc4ccc(-c5ccc(N(c6cccc(-c7ccccc7)c6)c6ccc7ccc8ccccc8c7c6)cc5)cc4c3c2OC1c1ccccc1. The molecule has 10 aromatic rings. The van der Waals surface area contributed by atoms with Gasteiger partial charge in [0.05, 0.1) is 5.39 Å². The number of fused-ring (bicyclic) bond motifs is 8. The van der Waals surface area contributed by atoms with E-state index in [4.69, 9.17) is 9.15 Å². The fourth-order valence-corrected chi connectivity index (χ4v) is 8.64. The van der Waals surface area contributed by atoms with Gasteiger partial charge in [0, 0.05) is 28.9 Å². The van der Waals surface area contributed by atoms with Gasteiger partial charge in [0.15, 0.2) is 0 Å². The predicted molar refractivity (Wildman–Crippen MR) is 237 cm³/mol. The molecule has 1 aliphatic heterocycles. The number of furan rings is 1. The van der Waals surface area contributed by atoms with Crippen molar-refractivity contribution in [1.82, 2.24) is 0 Å². The van der Waals surface area contributed by atoms with Crippen molar-refractivity contribution >= 4 is 60.5 Å². The molecule has 3 nitrogen and oxygen atoms in total. The van der Waals surface area contributed by atoms with Crippen LogP contribution in [0, 0.1) is 0 Å².